The Labute approximate surface area is 119 Å². The van der Waals surface area contributed by atoms with Crippen molar-refractivity contribution >= 4 is 33.2 Å². The minimum Gasteiger partial charge on any atom is -0.496 e. The Morgan fingerprint density at radius 2 is 2.21 bits per heavy atom. The topological polar surface area (TPSA) is 65.4 Å². The van der Waals surface area contributed by atoms with Crippen molar-refractivity contribution in [2.24, 2.45) is 5.10 Å². The van der Waals surface area contributed by atoms with Gasteiger partial charge in [-0.15, -0.1) is 0 Å². The molecule has 1 atom stereocenters. The van der Waals surface area contributed by atoms with Crippen LogP contribution in [0, 0.1) is 0 Å². The summed E-state index contributed by atoms with van der Waals surface area (Å²) in [6, 6.07) is 4.27. The van der Waals surface area contributed by atoms with Gasteiger partial charge in [-0.05, 0) is 41.1 Å². The summed E-state index contributed by atoms with van der Waals surface area (Å²) in [5, 5.41) is 16.4. The molecule has 1 unspecified atom stereocenters. The molecule has 1 aromatic rings. The van der Waals surface area contributed by atoms with E-state index in [2.05, 4.69) is 21.0 Å². The third-order valence-corrected chi connectivity index (χ3v) is 3.52. The Bertz CT molecular complexity index is 547. The predicted molar refractivity (Wildman–Crippen MR) is 74.6 cm³/mol. The molecule has 0 aliphatic carbocycles. The molecule has 0 aromatic heterocycles. The Morgan fingerprint density at radius 3 is 2.68 bits per heavy atom. The molecule has 1 amide bonds. The van der Waals surface area contributed by atoms with Gasteiger partial charge in [-0.2, -0.15) is 5.10 Å². The highest BCUT2D eigenvalue weighted by Crippen LogP contribution is 2.30. The van der Waals surface area contributed by atoms with Crippen LogP contribution < -0.4 is 9.80 Å². The van der Waals surface area contributed by atoms with Gasteiger partial charge in [0, 0.05) is 7.05 Å². The number of benzene rings is 1. The van der Waals surface area contributed by atoms with Crippen LogP contribution in [-0.2, 0) is 4.79 Å². The number of hydroxylamine groups is 1. The number of amides is 1. The fourth-order valence-electron chi connectivity index (χ4n) is 1.92. The minimum absolute atomic E-state index is 0.271. The van der Waals surface area contributed by atoms with Gasteiger partial charge in [0.05, 0.1) is 23.0 Å². The van der Waals surface area contributed by atoms with E-state index in [0.29, 0.717) is 21.6 Å². The number of nitrogens with zero attached hydrogens (tertiary/aromatic N) is 3. The van der Waals surface area contributed by atoms with E-state index in [4.69, 9.17) is 4.74 Å². The largest absolute Gasteiger partial charge is 0.496 e. The lowest BCUT2D eigenvalue weighted by atomic mass is 10.1. The molecule has 2 rings (SSSR count). The van der Waals surface area contributed by atoms with Gasteiger partial charge in [0.25, 0.3) is 5.91 Å². The van der Waals surface area contributed by atoms with E-state index in [-0.39, 0.29) is 5.91 Å². The molecule has 0 saturated heterocycles. The fourth-order valence-corrected chi connectivity index (χ4v) is 2.45. The lowest BCUT2D eigenvalue weighted by Gasteiger charge is -2.23. The molecule has 0 saturated carbocycles. The monoisotopic (exact) mass is 327 g/mol. The third kappa shape index (κ3) is 2.43. The second-order valence-electron chi connectivity index (χ2n) is 4.17. The molecule has 0 fully saturated rings. The van der Waals surface area contributed by atoms with Crippen LogP contribution >= 0.6 is 15.9 Å². The van der Waals surface area contributed by atoms with Crippen molar-refractivity contribution in [3.05, 3.63) is 22.7 Å². The number of hydrogen-bond donors (Lipinski definition) is 1. The number of halogens is 1. The van der Waals surface area contributed by atoms with Crippen LogP contribution in [0.5, 0.6) is 5.75 Å². The first-order valence-electron chi connectivity index (χ1n) is 5.60. The molecule has 102 valence electrons. The maximum Gasteiger partial charge on any atom is 0.273 e. The van der Waals surface area contributed by atoms with E-state index in [1.54, 1.807) is 39.3 Å². The zero-order valence-corrected chi connectivity index (χ0v) is 12.4. The van der Waals surface area contributed by atoms with E-state index in [9.17, 15) is 10.0 Å². The van der Waals surface area contributed by atoms with Crippen molar-refractivity contribution in [3.8, 4) is 5.75 Å². The molecule has 1 heterocycles. The second-order valence-corrected chi connectivity index (χ2v) is 5.02. The Balaban J connectivity index is 2.30. The number of methoxy groups -OCH3 is 1. The molecule has 19 heavy (non-hydrogen) atoms. The third-order valence-electron chi connectivity index (χ3n) is 2.90. The molecule has 1 aliphatic rings. The SMILES string of the molecule is COc1ccc(N(O)C2C(=O)N(C)N=C2C)cc1Br. The van der Waals surface area contributed by atoms with E-state index in [1.165, 1.54) is 5.01 Å². The first-order valence-corrected chi connectivity index (χ1v) is 6.39. The number of likely N-dealkylation sites (N-methyl/N-ethyl adjacent to an activating group) is 1. The van der Waals surface area contributed by atoms with Crippen LogP contribution in [0.25, 0.3) is 0 Å². The van der Waals surface area contributed by atoms with E-state index in [0.717, 1.165) is 5.06 Å². The van der Waals surface area contributed by atoms with Crippen LogP contribution in [0.15, 0.2) is 27.8 Å². The summed E-state index contributed by atoms with van der Waals surface area (Å²) in [7, 11) is 3.12. The first kappa shape index (κ1) is 13.8. The normalized spacial score (nSPS) is 18.6. The molecule has 6 nitrogen and oxygen atoms in total. The zero-order chi connectivity index (χ0) is 14.2. The lowest BCUT2D eigenvalue weighted by Crippen LogP contribution is -2.43. The quantitative estimate of drug-likeness (QED) is 0.861. The van der Waals surface area contributed by atoms with Crippen molar-refractivity contribution in [1.29, 1.82) is 0 Å². The van der Waals surface area contributed by atoms with Gasteiger partial charge in [-0.1, -0.05) is 0 Å². The summed E-state index contributed by atoms with van der Waals surface area (Å²) in [5.41, 5.74) is 1.03. The van der Waals surface area contributed by atoms with Crippen molar-refractivity contribution in [3.63, 3.8) is 0 Å². The van der Waals surface area contributed by atoms with Gasteiger partial charge in [0.15, 0.2) is 6.04 Å². The molecule has 0 bridgehead atoms. The van der Waals surface area contributed by atoms with E-state index in [1.807, 2.05) is 0 Å². The highest BCUT2D eigenvalue weighted by molar-refractivity contribution is 9.10. The summed E-state index contributed by atoms with van der Waals surface area (Å²) >= 11 is 3.34. The van der Waals surface area contributed by atoms with Gasteiger partial charge < -0.3 is 4.74 Å². The lowest BCUT2D eigenvalue weighted by molar-refractivity contribution is -0.129. The van der Waals surface area contributed by atoms with E-state index < -0.39 is 6.04 Å². The van der Waals surface area contributed by atoms with Crippen LogP contribution in [0.4, 0.5) is 5.69 Å². The van der Waals surface area contributed by atoms with Crippen molar-refractivity contribution in [1.82, 2.24) is 5.01 Å². The predicted octanol–water partition coefficient (Wildman–Crippen LogP) is 1.87. The van der Waals surface area contributed by atoms with E-state index >= 15 is 0 Å². The summed E-state index contributed by atoms with van der Waals surface area (Å²) in [5.74, 6) is 0.379. The smallest absolute Gasteiger partial charge is 0.273 e. The molecule has 1 N–H and O–H groups in total. The summed E-state index contributed by atoms with van der Waals surface area (Å²) in [6.45, 7) is 1.70. The Morgan fingerprint density at radius 1 is 1.53 bits per heavy atom. The molecule has 1 aliphatic heterocycles. The van der Waals surface area contributed by atoms with Gasteiger partial charge in [0.2, 0.25) is 0 Å². The number of ether oxygens (including phenoxy) is 1. The molecule has 7 heteroatoms. The summed E-state index contributed by atoms with van der Waals surface area (Å²) < 4.78 is 5.81. The number of hydrazone groups is 1. The van der Waals surface area contributed by atoms with Crippen LogP contribution in [0.2, 0.25) is 0 Å². The minimum atomic E-state index is -0.787. The van der Waals surface area contributed by atoms with Crippen LogP contribution in [0.3, 0.4) is 0 Å². The standard InChI is InChI=1S/C12H14BrN3O3/c1-7-11(12(17)15(2)14-7)16(18)8-4-5-10(19-3)9(13)6-8/h4-6,11,18H,1-3H3. The molecular formula is C12H14BrN3O3. The highest BCUT2D eigenvalue weighted by atomic mass is 79.9. The van der Waals surface area contributed by atoms with Crippen LogP contribution in [0.1, 0.15) is 6.92 Å². The number of carbonyl (C=O) groups excluding carboxylic acids is 1. The molecule has 0 spiro atoms. The van der Waals surface area contributed by atoms with Gasteiger partial charge in [-0.3, -0.25) is 10.0 Å². The summed E-state index contributed by atoms with van der Waals surface area (Å²) in [4.78, 5) is 11.9. The Hall–Kier alpha value is -1.60. The van der Waals surface area contributed by atoms with Gasteiger partial charge in [0.1, 0.15) is 5.75 Å². The zero-order valence-electron chi connectivity index (χ0n) is 10.8. The highest BCUT2D eigenvalue weighted by Gasteiger charge is 2.36. The number of anilines is 1. The van der Waals surface area contributed by atoms with Crippen molar-refractivity contribution in [2.75, 3.05) is 19.2 Å². The summed E-state index contributed by atoms with van der Waals surface area (Å²) in [6.07, 6.45) is 0. The van der Waals surface area contributed by atoms with Crippen molar-refractivity contribution in [2.45, 2.75) is 13.0 Å². The average molecular weight is 328 g/mol. The maximum atomic E-state index is 11.9. The fraction of sp³-hybridized carbons (Fsp3) is 0.333. The molecule has 1 aromatic carbocycles. The molecular weight excluding hydrogens is 314 g/mol. The average Bonchev–Trinajstić information content (AvgIpc) is 2.62. The Kier molecular flexibility index (Phi) is 3.77. The second kappa shape index (κ2) is 5.18. The molecule has 0 radical (unpaired) electrons. The van der Waals surface area contributed by atoms with Crippen molar-refractivity contribution < 1.29 is 14.7 Å². The van der Waals surface area contributed by atoms with Gasteiger partial charge >= 0.3 is 0 Å². The number of rotatable bonds is 3. The van der Waals surface area contributed by atoms with Crippen LogP contribution in [-0.4, -0.2) is 42.0 Å². The maximum absolute atomic E-state index is 11.9. The van der Waals surface area contributed by atoms with Gasteiger partial charge in [-0.25, -0.2) is 10.1 Å². The number of carbonyl (C=O) groups is 1. The first-order chi connectivity index (χ1) is 8.95. The number of hydrogen-bond acceptors (Lipinski definition) is 5.